The standard InChI is InChI=1S/C24H23N5O/c25-16-6-13-23(22(27)14-16)30-19-11-9-18(10-12-19)29-17-7-4-15(5-8-17)20-2-1-3-21(26)24(20)28/h1-14,29H,25-28H2. The molecule has 0 saturated heterocycles. The van der Waals surface area contributed by atoms with E-state index in [1.807, 2.05) is 60.7 Å². The van der Waals surface area contributed by atoms with E-state index in [-0.39, 0.29) is 0 Å². The van der Waals surface area contributed by atoms with Crippen LogP contribution in [0.25, 0.3) is 11.1 Å². The maximum Gasteiger partial charge on any atom is 0.150 e. The van der Waals surface area contributed by atoms with Crippen LogP contribution in [0.15, 0.2) is 84.9 Å². The molecular formula is C24H23N5O. The van der Waals surface area contributed by atoms with Crippen molar-refractivity contribution >= 4 is 34.1 Å². The van der Waals surface area contributed by atoms with Crippen molar-refractivity contribution in [2.45, 2.75) is 0 Å². The Morgan fingerprint density at radius 1 is 0.633 bits per heavy atom. The number of hydrogen-bond acceptors (Lipinski definition) is 6. The lowest BCUT2D eigenvalue weighted by atomic mass is 10.0. The molecule has 0 aliphatic heterocycles. The monoisotopic (exact) mass is 397 g/mol. The first-order chi connectivity index (χ1) is 14.5. The maximum absolute atomic E-state index is 6.10. The number of benzene rings is 4. The van der Waals surface area contributed by atoms with Crippen LogP contribution in [0.1, 0.15) is 0 Å². The molecule has 0 atom stereocenters. The van der Waals surface area contributed by atoms with Gasteiger partial charge in [0.2, 0.25) is 0 Å². The molecule has 0 amide bonds. The fourth-order valence-corrected chi connectivity index (χ4v) is 3.13. The molecule has 30 heavy (non-hydrogen) atoms. The van der Waals surface area contributed by atoms with E-state index in [0.29, 0.717) is 34.2 Å². The van der Waals surface area contributed by atoms with E-state index in [0.717, 1.165) is 22.5 Å². The Kier molecular flexibility index (Phi) is 5.05. The van der Waals surface area contributed by atoms with Gasteiger partial charge in [0, 0.05) is 22.6 Å². The average Bonchev–Trinajstić information content (AvgIpc) is 2.74. The van der Waals surface area contributed by atoms with Crippen molar-refractivity contribution in [3.63, 3.8) is 0 Å². The van der Waals surface area contributed by atoms with Crippen LogP contribution in [0.5, 0.6) is 11.5 Å². The summed E-state index contributed by atoms with van der Waals surface area (Å²) < 4.78 is 5.82. The average molecular weight is 397 g/mol. The summed E-state index contributed by atoms with van der Waals surface area (Å²) in [7, 11) is 0. The fourth-order valence-electron chi connectivity index (χ4n) is 3.13. The smallest absolute Gasteiger partial charge is 0.150 e. The van der Waals surface area contributed by atoms with Crippen molar-refractivity contribution in [2.75, 3.05) is 28.3 Å². The van der Waals surface area contributed by atoms with Crippen molar-refractivity contribution in [3.05, 3.63) is 84.9 Å². The van der Waals surface area contributed by atoms with Crippen LogP contribution in [-0.4, -0.2) is 0 Å². The van der Waals surface area contributed by atoms with E-state index in [2.05, 4.69) is 5.32 Å². The number of ether oxygens (including phenoxy) is 1. The lowest BCUT2D eigenvalue weighted by Gasteiger charge is -2.12. The van der Waals surface area contributed by atoms with Gasteiger partial charge >= 0.3 is 0 Å². The molecule has 0 spiro atoms. The third-order valence-corrected chi connectivity index (χ3v) is 4.74. The van der Waals surface area contributed by atoms with E-state index in [1.165, 1.54) is 0 Å². The molecule has 0 aromatic heterocycles. The van der Waals surface area contributed by atoms with E-state index < -0.39 is 0 Å². The van der Waals surface area contributed by atoms with Crippen LogP contribution in [0.3, 0.4) is 0 Å². The van der Waals surface area contributed by atoms with E-state index in [1.54, 1.807) is 24.3 Å². The third-order valence-electron chi connectivity index (χ3n) is 4.74. The topological polar surface area (TPSA) is 125 Å². The molecule has 0 aliphatic carbocycles. The Hall–Kier alpha value is -4.32. The number of rotatable bonds is 5. The molecule has 0 saturated carbocycles. The second-order valence-corrected chi connectivity index (χ2v) is 6.93. The largest absolute Gasteiger partial charge is 0.455 e. The molecule has 4 aromatic carbocycles. The Bertz CT molecular complexity index is 1170. The molecule has 0 unspecified atom stereocenters. The zero-order valence-electron chi connectivity index (χ0n) is 16.3. The second-order valence-electron chi connectivity index (χ2n) is 6.93. The molecule has 0 fully saturated rings. The predicted molar refractivity (Wildman–Crippen MR) is 126 cm³/mol. The summed E-state index contributed by atoms with van der Waals surface area (Å²) in [6.45, 7) is 0. The fraction of sp³-hybridized carbons (Fsp3) is 0. The number of nitrogens with two attached hydrogens (primary N) is 4. The first kappa shape index (κ1) is 19.0. The van der Waals surface area contributed by atoms with Gasteiger partial charge in [-0.25, -0.2) is 0 Å². The number of para-hydroxylation sites is 1. The molecule has 0 aliphatic rings. The number of nitrogen functional groups attached to an aromatic ring is 4. The Morgan fingerprint density at radius 3 is 1.97 bits per heavy atom. The van der Waals surface area contributed by atoms with Gasteiger partial charge in [0.25, 0.3) is 0 Å². The number of nitrogens with one attached hydrogen (secondary N) is 1. The first-order valence-corrected chi connectivity index (χ1v) is 9.44. The molecule has 4 rings (SSSR count). The van der Waals surface area contributed by atoms with Crippen LogP contribution < -0.4 is 33.0 Å². The molecule has 4 aromatic rings. The minimum atomic E-state index is 0.498. The molecule has 0 radical (unpaired) electrons. The summed E-state index contributed by atoms with van der Waals surface area (Å²) in [5, 5.41) is 3.37. The van der Waals surface area contributed by atoms with Crippen molar-refractivity contribution in [3.8, 4) is 22.6 Å². The summed E-state index contributed by atoms with van der Waals surface area (Å²) in [5.74, 6) is 1.26. The van der Waals surface area contributed by atoms with Crippen LogP contribution >= 0.6 is 0 Å². The highest BCUT2D eigenvalue weighted by atomic mass is 16.5. The van der Waals surface area contributed by atoms with Gasteiger partial charge in [0.15, 0.2) is 0 Å². The maximum atomic E-state index is 6.10. The van der Waals surface area contributed by atoms with E-state index >= 15 is 0 Å². The molecule has 150 valence electrons. The molecule has 0 heterocycles. The van der Waals surface area contributed by atoms with Gasteiger partial charge in [-0.1, -0.05) is 24.3 Å². The zero-order valence-corrected chi connectivity index (χ0v) is 16.3. The van der Waals surface area contributed by atoms with E-state index in [9.17, 15) is 0 Å². The molecule has 6 heteroatoms. The number of hydrogen-bond donors (Lipinski definition) is 5. The van der Waals surface area contributed by atoms with Crippen molar-refractivity contribution in [1.29, 1.82) is 0 Å². The summed E-state index contributed by atoms with van der Waals surface area (Å²) in [6, 6.07) is 26.5. The summed E-state index contributed by atoms with van der Waals surface area (Å²) >= 11 is 0. The second kappa shape index (κ2) is 7.97. The SMILES string of the molecule is Nc1ccc(Oc2ccc(Nc3ccc(-c4cccc(N)c4N)cc3)cc2)c(N)c1. The highest BCUT2D eigenvalue weighted by Crippen LogP contribution is 2.32. The highest BCUT2D eigenvalue weighted by Gasteiger charge is 2.06. The van der Waals surface area contributed by atoms with Crippen molar-refractivity contribution < 1.29 is 4.74 Å². The van der Waals surface area contributed by atoms with Gasteiger partial charge in [-0.15, -0.1) is 0 Å². The quantitative estimate of drug-likeness (QED) is 0.294. The van der Waals surface area contributed by atoms with Gasteiger partial charge in [-0.3, -0.25) is 0 Å². The van der Waals surface area contributed by atoms with Gasteiger partial charge < -0.3 is 33.0 Å². The summed E-state index contributed by atoms with van der Waals surface area (Å²) in [4.78, 5) is 0. The zero-order chi connectivity index (χ0) is 21.1. The normalized spacial score (nSPS) is 10.5. The molecule has 9 N–H and O–H groups in total. The minimum Gasteiger partial charge on any atom is -0.455 e. The van der Waals surface area contributed by atoms with Crippen LogP contribution in [-0.2, 0) is 0 Å². The highest BCUT2D eigenvalue weighted by molar-refractivity contribution is 5.84. The van der Waals surface area contributed by atoms with Gasteiger partial charge in [-0.05, 0) is 66.2 Å². The minimum absolute atomic E-state index is 0.498. The Morgan fingerprint density at radius 2 is 1.30 bits per heavy atom. The van der Waals surface area contributed by atoms with Crippen molar-refractivity contribution in [1.82, 2.24) is 0 Å². The predicted octanol–water partition coefficient (Wildman–Crippen LogP) is 5.22. The van der Waals surface area contributed by atoms with Crippen LogP contribution in [0.2, 0.25) is 0 Å². The Balaban J connectivity index is 1.45. The van der Waals surface area contributed by atoms with Gasteiger partial charge in [-0.2, -0.15) is 0 Å². The summed E-state index contributed by atoms with van der Waals surface area (Å²) in [5.41, 5.74) is 29.8. The van der Waals surface area contributed by atoms with Crippen LogP contribution in [0.4, 0.5) is 34.1 Å². The van der Waals surface area contributed by atoms with Gasteiger partial charge in [0.1, 0.15) is 11.5 Å². The summed E-state index contributed by atoms with van der Waals surface area (Å²) in [6.07, 6.45) is 0. The third kappa shape index (κ3) is 4.07. The lowest BCUT2D eigenvalue weighted by molar-refractivity contribution is 0.485. The van der Waals surface area contributed by atoms with Gasteiger partial charge in [0.05, 0.1) is 17.1 Å². The Labute approximate surface area is 175 Å². The molecule has 6 nitrogen and oxygen atoms in total. The van der Waals surface area contributed by atoms with E-state index in [4.69, 9.17) is 27.7 Å². The molecular weight excluding hydrogens is 374 g/mol. The number of anilines is 6. The molecule has 0 bridgehead atoms. The van der Waals surface area contributed by atoms with Crippen molar-refractivity contribution in [2.24, 2.45) is 0 Å². The first-order valence-electron chi connectivity index (χ1n) is 9.44. The van der Waals surface area contributed by atoms with Crippen LogP contribution in [0, 0.1) is 0 Å². The lowest BCUT2D eigenvalue weighted by Crippen LogP contribution is -1.97.